The van der Waals surface area contributed by atoms with E-state index in [2.05, 4.69) is 54.5 Å². The maximum absolute atomic E-state index is 5.29. The topological polar surface area (TPSA) is 38.1 Å². The molecule has 3 aromatic rings. The van der Waals surface area contributed by atoms with Crippen LogP contribution in [0.2, 0.25) is 0 Å². The van der Waals surface area contributed by atoms with Gasteiger partial charge in [-0.3, -0.25) is 0 Å². The minimum Gasteiger partial charge on any atom is -0.444 e. The van der Waals surface area contributed by atoms with Gasteiger partial charge in [-0.1, -0.05) is 18.2 Å². The van der Waals surface area contributed by atoms with Crippen molar-refractivity contribution in [2.45, 2.75) is 20.4 Å². The van der Waals surface area contributed by atoms with Gasteiger partial charge in [0, 0.05) is 17.8 Å². The number of nitrogens with one attached hydrogen (secondary N) is 1. The molecule has 0 unspecified atom stereocenters. The van der Waals surface area contributed by atoms with Crippen LogP contribution in [-0.2, 0) is 6.54 Å². The third-order valence-corrected chi connectivity index (χ3v) is 3.72. The number of hydrogen-bond acceptors (Lipinski definition) is 3. The van der Waals surface area contributed by atoms with E-state index in [1.54, 1.807) is 6.20 Å². The second kappa shape index (κ2) is 5.83. The second-order valence-electron chi connectivity index (χ2n) is 5.17. The fraction of sp³-hybridized carbons (Fsp3) is 0.167. The summed E-state index contributed by atoms with van der Waals surface area (Å²) in [6, 6.07) is 14.6. The molecule has 1 heterocycles. The summed E-state index contributed by atoms with van der Waals surface area (Å²) in [7, 11) is 0. The van der Waals surface area contributed by atoms with Crippen LogP contribution in [0.1, 0.15) is 16.7 Å². The van der Waals surface area contributed by atoms with Crippen molar-refractivity contribution in [1.82, 2.24) is 4.98 Å². The van der Waals surface area contributed by atoms with Crippen molar-refractivity contribution in [1.29, 1.82) is 0 Å². The van der Waals surface area contributed by atoms with Crippen molar-refractivity contribution in [3.05, 3.63) is 71.7 Å². The zero-order valence-corrected chi connectivity index (χ0v) is 12.3. The Hall–Kier alpha value is -2.55. The van der Waals surface area contributed by atoms with Gasteiger partial charge < -0.3 is 9.73 Å². The fourth-order valence-corrected chi connectivity index (χ4v) is 2.43. The minimum atomic E-state index is 0.788. The molecule has 0 bridgehead atoms. The van der Waals surface area contributed by atoms with E-state index in [0.29, 0.717) is 0 Å². The highest BCUT2D eigenvalue weighted by atomic mass is 16.3. The van der Waals surface area contributed by atoms with Gasteiger partial charge in [0.2, 0.25) is 0 Å². The Labute approximate surface area is 124 Å². The molecule has 106 valence electrons. The summed E-state index contributed by atoms with van der Waals surface area (Å²) >= 11 is 0. The quantitative estimate of drug-likeness (QED) is 0.759. The number of aryl methyl sites for hydroxylation is 2. The first-order valence-electron chi connectivity index (χ1n) is 7.02. The summed E-state index contributed by atoms with van der Waals surface area (Å²) in [6.45, 7) is 5.13. The van der Waals surface area contributed by atoms with Gasteiger partial charge in [0.25, 0.3) is 0 Å². The summed E-state index contributed by atoms with van der Waals surface area (Å²) in [5.74, 6) is 0.788. The highest BCUT2D eigenvalue weighted by Gasteiger charge is 2.03. The highest BCUT2D eigenvalue weighted by Crippen LogP contribution is 2.21. The van der Waals surface area contributed by atoms with Crippen LogP contribution in [0.4, 0.5) is 5.69 Å². The summed E-state index contributed by atoms with van der Waals surface area (Å²) in [4.78, 5) is 3.93. The molecular formula is C18H18N2O. The lowest BCUT2D eigenvalue weighted by molar-refractivity contribution is 0.572. The standard InChI is InChI=1S/C18H18N2O/c1-13-4-3-5-14(2)17(13)10-20-16-8-6-15(7-9-16)18-11-19-12-21-18/h3-9,11-12,20H,10H2,1-2H3. The molecule has 3 nitrogen and oxygen atoms in total. The van der Waals surface area contributed by atoms with Crippen molar-refractivity contribution in [3.8, 4) is 11.3 Å². The summed E-state index contributed by atoms with van der Waals surface area (Å²) in [5.41, 5.74) is 6.13. The zero-order chi connectivity index (χ0) is 14.7. The Morgan fingerprint density at radius 1 is 1.00 bits per heavy atom. The molecule has 3 heteroatoms. The van der Waals surface area contributed by atoms with Gasteiger partial charge in [0.1, 0.15) is 0 Å². The normalized spacial score (nSPS) is 10.6. The maximum atomic E-state index is 5.29. The molecule has 0 aliphatic rings. The molecule has 0 saturated heterocycles. The van der Waals surface area contributed by atoms with Crippen LogP contribution in [0.25, 0.3) is 11.3 Å². The van der Waals surface area contributed by atoms with E-state index < -0.39 is 0 Å². The molecule has 1 aromatic heterocycles. The van der Waals surface area contributed by atoms with Crippen molar-refractivity contribution >= 4 is 5.69 Å². The maximum Gasteiger partial charge on any atom is 0.181 e. The monoisotopic (exact) mass is 278 g/mol. The lowest BCUT2D eigenvalue weighted by Gasteiger charge is -2.12. The Morgan fingerprint density at radius 3 is 2.33 bits per heavy atom. The van der Waals surface area contributed by atoms with Crippen molar-refractivity contribution in [2.24, 2.45) is 0 Å². The zero-order valence-electron chi connectivity index (χ0n) is 12.3. The van der Waals surface area contributed by atoms with Crippen LogP contribution in [-0.4, -0.2) is 4.98 Å². The van der Waals surface area contributed by atoms with Crippen LogP contribution in [0, 0.1) is 13.8 Å². The summed E-state index contributed by atoms with van der Waals surface area (Å²) in [5, 5.41) is 3.47. The summed E-state index contributed by atoms with van der Waals surface area (Å²) in [6.07, 6.45) is 3.17. The van der Waals surface area contributed by atoms with E-state index in [-0.39, 0.29) is 0 Å². The van der Waals surface area contributed by atoms with Crippen molar-refractivity contribution in [2.75, 3.05) is 5.32 Å². The van der Waals surface area contributed by atoms with E-state index in [9.17, 15) is 0 Å². The highest BCUT2D eigenvalue weighted by molar-refractivity contribution is 5.60. The Morgan fingerprint density at radius 2 is 1.71 bits per heavy atom. The van der Waals surface area contributed by atoms with Crippen LogP contribution >= 0.6 is 0 Å². The number of oxazole rings is 1. The average molecular weight is 278 g/mol. The number of aromatic nitrogens is 1. The molecule has 0 saturated carbocycles. The molecule has 2 aromatic carbocycles. The van der Waals surface area contributed by atoms with E-state index in [0.717, 1.165) is 23.6 Å². The third kappa shape index (κ3) is 2.97. The van der Waals surface area contributed by atoms with E-state index >= 15 is 0 Å². The third-order valence-electron chi connectivity index (χ3n) is 3.72. The largest absolute Gasteiger partial charge is 0.444 e. The van der Waals surface area contributed by atoms with Gasteiger partial charge in [0.15, 0.2) is 12.2 Å². The molecule has 0 fully saturated rings. The Kier molecular flexibility index (Phi) is 3.73. The molecule has 0 atom stereocenters. The second-order valence-corrected chi connectivity index (χ2v) is 5.17. The van der Waals surface area contributed by atoms with Gasteiger partial charge >= 0.3 is 0 Å². The molecule has 21 heavy (non-hydrogen) atoms. The molecule has 0 spiro atoms. The van der Waals surface area contributed by atoms with Gasteiger partial charge in [0.05, 0.1) is 6.20 Å². The first kappa shape index (κ1) is 13.4. The molecule has 0 amide bonds. The van der Waals surface area contributed by atoms with E-state index in [1.807, 2.05) is 12.1 Å². The van der Waals surface area contributed by atoms with Crippen molar-refractivity contribution in [3.63, 3.8) is 0 Å². The number of nitrogens with zero attached hydrogens (tertiary/aromatic N) is 1. The molecule has 1 N–H and O–H groups in total. The average Bonchev–Trinajstić information content (AvgIpc) is 3.02. The summed E-state index contributed by atoms with van der Waals surface area (Å²) < 4.78 is 5.29. The number of rotatable bonds is 4. The molecular weight excluding hydrogens is 260 g/mol. The van der Waals surface area contributed by atoms with E-state index in [4.69, 9.17) is 4.42 Å². The lowest BCUT2D eigenvalue weighted by atomic mass is 10.0. The SMILES string of the molecule is Cc1cccc(C)c1CNc1ccc(-c2cnco2)cc1. The van der Waals surface area contributed by atoms with Crippen molar-refractivity contribution < 1.29 is 4.42 Å². The van der Waals surface area contributed by atoms with Gasteiger partial charge in [-0.05, 0) is 54.8 Å². The van der Waals surface area contributed by atoms with Crippen LogP contribution in [0.15, 0.2) is 59.5 Å². The molecule has 3 rings (SSSR count). The Balaban J connectivity index is 1.71. The minimum absolute atomic E-state index is 0.788. The first-order chi connectivity index (χ1) is 10.2. The van der Waals surface area contributed by atoms with Gasteiger partial charge in [-0.25, -0.2) is 4.98 Å². The van der Waals surface area contributed by atoms with Gasteiger partial charge in [-0.2, -0.15) is 0 Å². The van der Waals surface area contributed by atoms with Crippen LogP contribution < -0.4 is 5.32 Å². The first-order valence-corrected chi connectivity index (χ1v) is 7.02. The predicted molar refractivity (Wildman–Crippen MR) is 85.2 cm³/mol. The number of benzene rings is 2. The molecule has 0 aliphatic heterocycles. The predicted octanol–water partition coefficient (Wildman–Crippen LogP) is 4.57. The number of anilines is 1. The van der Waals surface area contributed by atoms with Gasteiger partial charge in [-0.15, -0.1) is 0 Å². The van der Waals surface area contributed by atoms with Crippen LogP contribution in [0.3, 0.4) is 0 Å². The molecule has 0 radical (unpaired) electrons. The van der Waals surface area contributed by atoms with Crippen LogP contribution in [0.5, 0.6) is 0 Å². The fourth-order valence-electron chi connectivity index (χ4n) is 2.43. The smallest absolute Gasteiger partial charge is 0.181 e. The molecule has 0 aliphatic carbocycles. The number of hydrogen-bond donors (Lipinski definition) is 1. The Bertz CT molecular complexity index is 695. The lowest BCUT2D eigenvalue weighted by Crippen LogP contribution is -2.03. The van der Waals surface area contributed by atoms with E-state index in [1.165, 1.54) is 23.1 Å².